The van der Waals surface area contributed by atoms with Gasteiger partial charge in [0.15, 0.2) is 12.2 Å². The van der Waals surface area contributed by atoms with Crippen LogP contribution in [0, 0.1) is 17.3 Å². The smallest absolute Gasteiger partial charge is 0.338 e. The lowest BCUT2D eigenvalue weighted by atomic mass is 9.47. The van der Waals surface area contributed by atoms with E-state index in [9.17, 15) is 28.8 Å². The van der Waals surface area contributed by atoms with Crippen LogP contribution in [0.5, 0.6) is 0 Å². The van der Waals surface area contributed by atoms with Gasteiger partial charge in [-0.2, -0.15) is 0 Å². The van der Waals surface area contributed by atoms with Crippen LogP contribution in [0.4, 0.5) is 0 Å². The van der Waals surface area contributed by atoms with Gasteiger partial charge >= 0.3 is 35.8 Å². The first-order valence-corrected chi connectivity index (χ1v) is 18.5. The number of carbonyl (C=O) groups excluding carboxylic acids is 6. The highest BCUT2D eigenvalue weighted by molar-refractivity contribution is 5.90. The first-order valence-electron chi connectivity index (χ1n) is 18.5. The summed E-state index contributed by atoms with van der Waals surface area (Å²) in [5.74, 6) is -6.10. The summed E-state index contributed by atoms with van der Waals surface area (Å²) in [6, 6.07) is 16.2. The maximum atomic E-state index is 14.2. The van der Waals surface area contributed by atoms with Gasteiger partial charge in [-0.1, -0.05) is 63.1 Å². The fourth-order valence-corrected chi connectivity index (χ4v) is 8.91. The van der Waals surface area contributed by atoms with Crippen molar-refractivity contribution in [2.45, 2.75) is 122 Å². The van der Waals surface area contributed by atoms with E-state index in [2.05, 4.69) is 0 Å². The molecule has 13 nitrogen and oxygen atoms in total. The summed E-state index contributed by atoms with van der Waals surface area (Å²) >= 11 is 0. The number of hydrogen-bond acceptors (Lipinski definition) is 13. The Morgan fingerprint density at radius 3 is 1.80 bits per heavy atom. The molecule has 1 spiro atoms. The van der Waals surface area contributed by atoms with Crippen LogP contribution in [0.15, 0.2) is 60.7 Å². The quantitative estimate of drug-likeness (QED) is 0.142. The van der Waals surface area contributed by atoms with Crippen LogP contribution < -0.4 is 0 Å². The lowest BCUT2D eigenvalue weighted by Gasteiger charge is -2.64. The SMILES string of the molecule is CCCCCC(=O)O[C@H]1C[C@@H](C)[C@]23OC(C)(C)[C@H]([C@@H](OC(=O)c4ccccc4)[C@@H](OC(C)=O)[C@]2(COC(C)=O)[C@H]1OC(=O)c1ccccc1)[C@H]3OC(C)=O. The van der Waals surface area contributed by atoms with Crippen LogP contribution in [0.2, 0.25) is 0 Å². The number of rotatable bonds is 13. The molecule has 292 valence electrons. The third kappa shape index (κ3) is 7.60. The zero-order valence-corrected chi connectivity index (χ0v) is 31.9. The molecule has 2 bridgehead atoms. The summed E-state index contributed by atoms with van der Waals surface area (Å²) in [6.07, 6.45) is -4.75. The van der Waals surface area contributed by atoms with Crippen LogP contribution in [0.1, 0.15) is 101 Å². The Bertz CT molecular complexity index is 1710. The van der Waals surface area contributed by atoms with Gasteiger partial charge in [-0.15, -0.1) is 0 Å². The Labute approximate surface area is 315 Å². The van der Waals surface area contributed by atoms with Gasteiger partial charge in [-0.05, 0) is 56.9 Å². The Morgan fingerprint density at radius 1 is 0.704 bits per heavy atom. The van der Waals surface area contributed by atoms with Gasteiger partial charge in [0, 0.05) is 27.2 Å². The van der Waals surface area contributed by atoms with Crippen molar-refractivity contribution in [2.75, 3.05) is 6.61 Å². The normalized spacial score (nSPS) is 30.5. The number of fused-ring (bicyclic) bond motifs is 1. The molecule has 2 saturated carbocycles. The van der Waals surface area contributed by atoms with Crippen molar-refractivity contribution in [3.05, 3.63) is 71.8 Å². The van der Waals surface area contributed by atoms with Crippen LogP contribution in [0.3, 0.4) is 0 Å². The second kappa shape index (κ2) is 16.3. The van der Waals surface area contributed by atoms with Crippen LogP contribution in [-0.4, -0.2) is 84.1 Å². The summed E-state index contributed by atoms with van der Waals surface area (Å²) in [7, 11) is 0. The van der Waals surface area contributed by atoms with Crippen molar-refractivity contribution >= 4 is 35.8 Å². The Kier molecular flexibility index (Phi) is 12.2. The third-order valence-corrected chi connectivity index (χ3v) is 10.9. The van der Waals surface area contributed by atoms with Crippen molar-refractivity contribution < 1.29 is 61.9 Å². The number of hydrogen-bond donors (Lipinski definition) is 0. The van der Waals surface area contributed by atoms with Gasteiger partial charge in [-0.25, -0.2) is 9.59 Å². The van der Waals surface area contributed by atoms with E-state index in [1.807, 2.05) is 6.92 Å². The van der Waals surface area contributed by atoms with Gasteiger partial charge in [0.25, 0.3) is 0 Å². The molecular weight excluding hydrogens is 700 g/mol. The van der Waals surface area contributed by atoms with Crippen molar-refractivity contribution in [3.8, 4) is 0 Å². The Balaban J connectivity index is 1.82. The van der Waals surface area contributed by atoms with Crippen molar-refractivity contribution in [1.82, 2.24) is 0 Å². The maximum Gasteiger partial charge on any atom is 0.338 e. The summed E-state index contributed by atoms with van der Waals surface area (Å²) in [5, 5.41) is 0. The second-order valence-electron chi connectivity index (χ2n) is 15.0. The third-order valence-electron chi connectivity index (χ3n) is 10.9. The number of ether oxygens (including phenoxy) is 7. The number of benzene rings is 2. The monoisotopic (exact) mass is 750 g/mol. The lowest BCUT2D eigenvalue weighted by Crippen LogP contribution is -2.81. The van der Waals surface area contributed by atoms with E-state index in [1.165, 1.54) is 26.0 Å². The molecular formula is C41H50O13. The molecule has 1 heterocycles. The predicted molar refractivity (Wildman–Crippen MR) is 191 cm³/mol. The van der Waals surface area contributed by atoms with Crippen LogP contribution in [0.25, 0.3) is 0 Å². The fourth-order valence-electron chi connectivity index (χ4n) is 8.91. The lowest BCUT2D eigenvalue weighted by molar-refractivity contribution is -0.328. The standard InChI is InChI=1S/C41H50O13/c1-8-9-12-21-31(45)51-30-22-24(2)41-35(49-26(4)43)32(39(6,7)54-41)33(52-37(46)28-17-13-10-14-18-28)36(50-27(5)44)40(41,23-48-25(3)42)34(30)53-38(47)29-19-15-11-16-20-29/h10-11,13-20,24,30,32-36H,8-9,12,21-23H2,1-7H3/t24-,30+,32-,33-,34+,35-,36-,40+,41-/m1/s1. The molecule has 0 N–H and O–H groups in total. The first kappa shape index (κ1) is 40.4. The number of esters is 6. The summed E-state index contributed by atoms with van der Waals surface area (Å²) in [6.45, 7) is 10.2. The molecule has 1 saturated heterocycles. The largest absolute Gasteiger partial charge is 0.465 e. The molecule has 0 radical (unpaired) electrons. The van der Waals surface area contributed by atoms with Gasteiger partial charge in [-0.3, -0.25) is 19.2 Å². The van der Waals surface area contributed by atoms with E-state index >= 15 is 0 Å². The van der Waals surface area contributed by atoms with Crippen molar-refractivity contribution in [3.63, 3.8) is 0 Å². The van der Waals surface area contributed by atoms with Crippen molar-refractivity contribution in [2.24, 2.45) is 17.3 Å². The molecule has 2 aliphatic carbocycles. The Morgan fingerprint density at radius 2 is 1.26 bits per heavy atom. The fraction of sp³-hybridized carbons (Fsp3) is 0.561. The second-order valence-corrected chi connectivity index (χ2v) is 15.0. The van der Waals surface area contributed by atoms with E-state index in [-0.39, 0.29) is 24.0 Å². The van der Waals surface area contributed by atoms with E-state index < -0.39 is 101 Å². The van der Waals surface area contributed by atoms with Crippen LogP contribution >= 0.6 is 0 Å². The van der Waals surface area contributed by atoms with Gasteiger partial charge in [0.05, 0.1) is 22.6 Å². The highest BCUT2D eigenvalue weighted by Crippen LogP contribution is 2.68. The van der Waals surface area contributed by atoms with Gasteiger partial charge in [0.1, 0.15) is 35.9 Å². The van der Waals surface area contributed by atoms with E-state index in [1.54, 1.807) is 69.3 Å². The highest BCUT2D eigenvalue weighted by Gasteiger charge is 2.85. The topological polar surface area (TPSA) is 167 Å². The van der Waals surface area contributed by atoms with E-state index in [0.717, 1.165) is 19.8 Å². The number of unbranched alkanes of at least 4 members (excludes halogenated alkanes) is 2. The van der Waals surface area contributed by atoms with Crippen LogP contribution in [-0.2, 0) is 52.3 Å². The molecule has 2 aromatic rings. The molecule has 3 fully saturated rings. The average Bonchev–Trinajstić information content (AvgIpc) is 3.31. The molecule has 9 atom stereocenters. The summed E-state index contributed by atoms with van der Waals surface area (Å²) in [4.78, 5) is 80.8. The average molecular weight is 751 g/mol. The molecule has 0 unspecified atom stereocenters. The molecule has 3 aliphatic rings. The highest BCUT2D eigenvalue weighted by atomic mass is 16.6. The maximum absolute atomic E-state index is 14.2. The molecule has 0 amide bonds. The summed E-state index contributed by atoms with van der Waals surface area (Å²) < 4.78 is 44.3. The molecule has 54 heavy (non-hydrogen) atoms. The zero-order chi connectivity index (χ0) is 39.4. The van der Waals surface area contributed by atoms with Gasteiger partial charge < -0.3 is 33.2 Å². The van der Waals surface area contributed by atoms with Crippen molar-refractivity contribution in [1.29, 1.82) is 0 Å². The minimum absolute atomic E-state index is 0.0376. The molecule has 1 aliphatic heterocycles. The molecule has 2 aromatic carbocycles. The predicted octanol–water partition coefficient (Wildman–Crippen LogP) is 5.56. The minimum atomic E-state index is -2.02. The minimum Gasteiger partial charge on any atom is -0.465 e. The van der Waals surface area contributed by atoms with E-state index in [0.29, 0.717) is 6.42 Å². The zero-order valence-electron chi connectivity index (χ0n) is 31.9. The summed E-state index contributed by atoms with van der Waals surface area (Å²) in [5.41, 5.74) is -4.72. The Hall–Kier alpha value is -4.78. The number of carbonyl (C=O) groups is 6. The van der Waals surface area contributed by atoms with Gasteiger partial charge in [0.2, 0.25) is 0 Å². The van der Waals surface area contributed by atoms with E-state index in [4.69, 9.17) is 33.2 Å². The molecule has 13 heteroatoms. The molecule has 5 rings (SSSR count). The first-order chi connectivity index (χ1) is 25.6. The molecule has 0 aromatic heterocycles.